The molecule has 2 nitrogen and oxygen atoms in total. The maximum absolute atomic E-state index is 6.95. The summed E-state index contributed by atoms with van der Waals surface area (Å²) < 4.78 is 6.95. The van der Waals surface area contributed by atoms with Gasteiger partial charge in [-0.2, -0.15) is 0 Å². The lowest BCUT2D eigenvalue weighted by Crippen LogP contribution is -2.25. The van der Waals surface area contributed by atoms with Crippen LogP contribution in [-0.4, -0.2) is 0 Å². The van der Waals surface area contributed by atoms with E-state index in [4.69, 9.17) is 4.42 Å². The van der Waals surface area contributed by atoms with Gasteiger partial charge in [-0.25, -0.2) is 0 Å². The summed E-state index contributed by atoms with van der Waals surface area (Å²) in [7, 11) is 0. The van der Waals surface area contributed by atoms with Gasteiger partial charge in [0.15, 0.2) is 0 Å². The average Bonchev–Trinajstić information content (AvgIpc) is 4.05. The van der Waals surface area contributed by atoms with Crippen molar-refractivity contribution in [3.05, 3.63) is 271 Å². The normalized spacial score (nSPS) is 13.0. The lowest BCUT2D eigenvalue weighted by molar-refractivity contribution is 0.672. The minimum absolute atomic E-state index is 0.347. The number of hydrogen-bond donors (Lipinski definition) is 0. The smallest absolute Gasteiger partial charge is 0.143 e. The topological polar surface area (TPSA) is 16.4 Å². The van der Waals surface area contributed by atoms with Crippen LogP contribution in [0.3, 0.4) is 0 Å². The highest BCUT2D eigenvalue weighted by Crippen LogP contribution is 2.63. The molecule has 0 radical (unpaired) electrons. The Labute approximate surface area is 399 Å². The third-order valence-corrected chi connectivity index (χ3v) is 15.2. The summed E-state index contributed by atoms with van der Waals surface area (Å²) in [4.78, 5) is 2.40. The van der Waals surface area contributed by atoms with E-state index in [9.17, 15) is 0 Å². The molecule has 0 saturated carbocycles. The molecule has 320 valence electrons. The molecule has 0 amide bonds. The number of furan rings is 1. The standard InChI is InChI=1S/C67H41NO/c1-3-16-46-38-49(35-32-42(46)14-1)68(50-36-33-43-15-2-4-17-47(43)39-50)63-26-13-27-64-65(63)58-41-56(51-18-5-6-22-55(51)66(58)69-64)45-30-28-44(29-31-45)48-34-37-62-57(40-48)54-21-9-12-25-61(54)67(62)59-23-10-7-19-52(59)53-20-8-11-24-60(53)67/h1-41H. The SMILES string of the molecule is c1ccc2c(c1)-c1ccccc1C21c2ccccc2-c2cc(-c3ccc(-c4cc5c(oc6cccc(N(c7ccc8ccccc8c7)c7ccc8ccccc8c7)c65)c5ccccc45)cc3)ccc21. The van der Waals surface area contributed by atoms with Gasteiger partial charge in [-0.15, -0.1) is 0 Å². The minimum Gasteiger partial charge on any atom is -0.455 e. The zero-order chi connectivity index (χ0) is 45.2. The molecule has 2 aliphatic rings. The fourth-order valence-electron chi connectivity index (χ4n) is 12.2. The van der Waals surface area contributed by atoms with Crippen molar-refractivity contribution in [3.63, 3.8) is 0 Å². The molecule has 0 N–H and O–H groups in total. The number of hydrogen-bond acceptors (Lipinski definition) is 2. The van der Waals surface area contributed by atoms with Crippen LogP contribution in [0.25, 0.3) is 98.8 Å². The number of rotatable bonds is 5. The highest BCUT2D eigenvalue weighted by molar-refractivity contribution is 6.22. The first kappa shape index (κ1) is 38.2. The van der Waals surface area contributed by atoms with Crippen LogP contribution in [0, 0.1) is 0 Å². The third kappa shape index (κ3) is 5.43. The fraction of sp³-hybridized carbons (Fsp3) is 0.0149. The Bertz CT molecular complexity index is 4140. The van der Waals surface area contributed by atoms with Gasteiger partial charge < -0.3 is 9.32 Å². The van der Waals surface area contributed by atoms with Gasteiger partial charge >= 0.3 is 0 Å². The van der Waals surface area contributed by atoms with E-state index in [1.165, 1.54) is 82.7 Å². The van der Waals surface area contributed by atoms with Crippen LogP contribution >= 0.6 is 0 Å². The molecule has 2 aliphatic carbocycles. The van der Waals surface area contributed by atoms with Crippen LogP contribution in [0.1, 0.15) is 22.3 Å². The van der Waals surface area contributed by atoms with Gasteiger partial charge in [0, 0.05) is 22.1 Å². The summed E-state index contributed by atoms with van der Waals surface area (Å²) in [5, 5.41) is 9.25. The van der Waals surface area contributed by atoms with Gasteiger partial charge in [-0.3, -0.25) is 0 Å². The molecule has 69 heavy (non-hydrogen) atoms. The largest absolute Gasteiger partial charge is 0.455 e. The first-order valence-electron chi connectivity index (χ1n) is 23.9. The lowest BCUT2D eigenvalue weighted by Gasteiger charge is -2.30. The number of anilines is 3. The number of benzene rings is 12. The Morgan fingerprint density at radius 1 is 0.304 bits per heavy atom. The van der Waals surface area contributed by atoms with Gasteiger partial charge in [0.05, 0.1) is 16.5 Å². The predicted molar refractivity (Wildman–Crippen MR) is 288 cm³/mol. The zero-order valence-corrected chi connectivity index (χ0v) is 37.5. The molecule has 0 atom stereocenters. The van der Waals surface area contributed by atoms with Crippen molar-refractivity contribution in [2.75, 3.05) is 4.90 Å². The van der Waals surface area contributed by atoms with Crippen LogP contribution in [-0.2, 0) is 5.41 Å². The Kier molecular flexibility index (Phi) is 8.02. The van der Waals surface area contributed by atoms with Crippen molar-refractivity contribution in [1.82, 2.24) is 0 Å². The van der Waals surface area contributed by atoms with Crippen LogP contribution in [0.2, 0.25) is 0 Å². The monoisotopic (exact) mass is 875 g/mol. The molecule has 1 heterocycles. The molecule has 0 aliphatic heterocycles. The van der Waals surface area contributed by atoms with E-state index in [0.29, 0.717) is 0 Å². The summed E-state index contributed by atoms with van der Waals surface area (Å²) in [5.74, 6) is 0. The van der Waals surface area contributed by atoms with Crippen molar-refractivity contribution in [1.29, 1.82) is 0 Å². The number of fused-ring (bicyclic) bond motifs is 17. The second-order valence-corrected chi connectivity index (χ2v) is 18.7. The summed E-state index contributed by atoms with van der Waals surface area (Å²) >= 11 is 0. The second kappa shape index (κ2) is 14.5. The Morgan fingerprint density at radius 2 is 0.812 bits per heavy atom. The van der Waals surface area contributed by atoms with Crippen molar-refractivity contribution in [3.8, 4) is 44.5 Å². The maximum Gasteiger partial charge on any atom is 0.143 e. The van der Waals surface area contributed by atoms with Crippen molar-refractivity contribution < 1.29 is 4.42 Å². The van der Waals surface area contributed by atoms with Gasteiger partial charge in [-0.05, 0) is 142 Å². The average molecular weight is 876 g/mol. The van der Waals surface area contributed by atoms with Gasteiger partial charge in [0.2, 0.25) is 0 Å². The summed E-state index contributed by atoms with van der Waals surface area (Å²) in [6.45, 7) is 0. The minimum atomic E-state index is -0.347. The molecule has 15 rings (SSSR count). The summed E-state index contributed by atoms with van der Waals surface area (Å²) in [5.41, 5.74) is 20.1. The maximum atomic E-state index is 6.95. The fourth-order valence-corrected chi connectivity index (χ4v) is 12.2. The van der Waals surface area contributed by atoms with E-state index in [1.54, 1.807) is 0 Å². The van der Waals surface area contributed by atoms with Crippen LogP contribution in [0.15, 0.2) is 253 Å². The first-order chi connectivity index (χ1) is 34.2. The lowest BCUT2D eigenvalue weighted by atomic mass is 9.70. The van der Waals surface area contributed by atoms with Gasteiger partial charge in [-0.1, -0.05) is 200 Å². The molecule has 12 aromatic carbocycles. The highest BCUT2D eigenvalue weighted by Gasteiger charge is 2.51. The van der Waals surface area contributed by atoms with E-state index in [2.05, 4.69) is 254 Å². The molecule has 0 unspecified atom stereocenters. The van der Waals surface area contributed by atoms with Crippen molar-refractivity contribution in [2.45, 2.75) is 5.41 Å². The predicted octanol–water partition coefficient (Wildman–Crippen LogP) is 18.2. The van der Waals surface area contributed by atoms with E-state index in [-0.39, 0.29) is 5.41 Å². The third-order valence-electron chi connectivity index (χ3n) is 15.2. The van der Waals surface area contributed by atoms with E-state index in [1.807, 2.05) is 0 Å². The van der Waals surface area contributed by atoms with Crippen molar-refractivity contribution in [2.24, 2.45) is 0 Å². The number of nitrogens with zero attached hydrogens (tertiary/aromatic N) is 1. The van der Waals surface area contributed by atoms with Crippen molar-refractivity contribution >= 4 is 71.3 Å². The Hall–Kier alpha value is -8.98. The quantitative estimate of drug-likeness (QED) is 0.171. The molecular weight excluding hydrogens is 835 g/mol. The summed E-state index contributed by atoms with van der Waals surface area (Å²) in [6, 6.07) is 91.7. The molecule has 0 saturated heterocycles. The second-order valence-electron chi connectivity index (χ2n) is 18.7. The molecule has 1 spiro atoms. The molecular formula is C67H41NO. The Morgan fingerprint density at radius 3 is 1.45 bits per heavy atom. The van der Waals surface area contributed by atoms with Gasteiger partial charge in [0.25, 0.3) is 0 Å². The van der Waals surface area contributed by atoms with E-state index in [0.717, 1.165) is 55.3 Å². The van der Waals surface area contributed by atoms with Crippen LogP contribution < -0.4 is 4.90 Å². The molecule has 2 heteroatoms. The molecule has 0 bridgehead atoms. The van der Waals surface area contributed by atoms with E-state index < -0.39 is 0 Å². The zero-order valence-electron chi connectivity index (χ0n) is 37.5. The summed E-state index contributed by atoms with van der Waals surface area (Å²) in [6.07, 6.45) is 0. The Balaban J connectivity index is 0.883. The van der Waals surface area contributed by atoms with Gasteiger partial charge in [0.1, 0.15) is 11.2 Å². The first-order valence-corrected chi connectivity index (χ1v) is 23.9. The highest BCUT2D eigenvalue weighted by atomic mass is 16.3. The van der Waals surface area contributed by atoms with Crippen LogP contribution in [0.4, 0.5) is 17.1 Å². The molecule has 13 aromatic rings. The van der Waals surface area contributed by atoms with E-state index >= 15 is 0 Å². The van der Waals surface area contributed by atoms with Crippen LogP contribution in [0.5, 0.6) is 0 Å². The molecule has 0 fully saturated rings. The molecule has 1 aromatic heterocycles.